The number of benzene rings is 1. The van der Waals surface area contributed by atoms with E-state index in [1.807, 2.05) is 0 Å². The lowest BCUT2D eigenvalue weighted by Crippen LogP contribution is -2.49. The molecule has 2 aliphatic heterocycles. The highest BCUT2D eigenvalue weighted by atomic mass is 16.5. The number of fused-ring (bicyclic) bond motifs is 1. The highest BCUT2D eigenvalue weighted by Gasteiger charge is 2.31. The normalized spacial score (nSPS) is 26.7. The van der Waals surface area contributed by atoms with E-state index < -0.39 is 0 Å². The predicted molar refractivity (Wildman–Crippen MR) is 82.0 cm³/mol. The van der Waals surface area contributed by atoms with Crippen LogP contribution in [0.5, 0.6) is 0 Å². The molecule has 2 heterocycles. The summed E-state index contributed by atoms with van der Waals surface area (Å²) in [5.41, 5.74) is 4.06. The minimum absolute atomic E-state index is 0.357. The average Bonchev–Trinajstić information content (AvgIpc) is 2.85. The van der Waals surface area contributed by atoms with E-state index in [4.69, 9.17) is 4.74 Å². The second-order valence-corrected chi connectivity index (χ2v) is 6.37. The molecule has 0 radical (unpaired) electrons. The van der Waals surface area contributed by atoms with Crippen LogP contribution >= 0.6 is 0 Å². The molecule has 2 atom stereocenters. The van der Waals surface area contributed by atoms with Crippen LogP contribution in [0, 0.1) is 13.8 Å². The summed E-state index contributed by atoms with van der Waals surface area (Å²) in [6, 6.07) is 7.45. The molecule has 1 aromatic rings. The number of rotatable bonds is 4. The smallest absolute Gasteiger partial charge is 0.0827 e. The number of hydrogen-bond acceptors (Lipinski definition) is 3. The molecule has 0 saturated carbocycles. The van der Waals surface area contributed by atoms with Gasteiger partial charge in [-0.1, -0.05) is 29.3 Å². The molecule has 0 aliphatic carbocycles. The average molecular weight is 274 g/mol. The summed E-state index contributed by atoms with van der Waals surface area (Å²) in [6.45, 7) is 9.51. The Labute approximate surface area is 122 Å². The zero-order valence-electron chi connectivity index (χ0n) is 12.7. The molecule has 1 aromatic carbocycles. The fourth-order valence-electron chi connectivity index (χ4n) is 3.56. The van der Waals surface area contributed by atoms with E-state index in [2.05, 4.69) is 42.3 Å². The van der Waals surface area contributed by atoms with E-state index in [-0.39, 0.29) is 0 Å². The molecule has 110 valence electrons. The van der Waals surface area contributed by atoms with Gasteiger partial charge in [-0.3, -0.25) is 4.90 Å². The molecule has 3 nitrogen and oxygen atoms in total. The molecule has 0 spiro atoms. The van der Waals surface area contributed by atoms with E-state index in [1.165, 1.54) is 36.1 Å². The Morgan fingerprint density at radius 3 is 2.85 bits per heavy atom. The van der Waals surface area contributed by atoms with Crippen LogP contribution in [0.15, 0.2) is 18.2 Å². The first-order valence-electron chi connectivity index (χ1n) is 7.84. The fourth-order valence-corrected chi connectivity index (χ4v) is 3.56. The lowest BCUT2D eigenvalue weighted by atomic mass is 10.1. The Balaban J connectivity index is 1.45. The van der Waals surface area contributed by atoms with Crippen molar-refractivity contribution in [2.24, 2.45) is 0 Å². The van der Waals surface area contributed by atoms with Crippen molar-refractivity contribution in [1.82, 2.24) is 10.2 Å². The van der Waals surface area contributed by atoms with Gasteiger partial charge in [-0.15, -0.1) is 0 Å². The minimum Gasteiger partial charge on any atom is -0.374 e. The summed E-state index contributed by atoms with van der Waals surface area (Å²) in [4.78, 5) is 2.60. The summed E-state index contributed by atoms with van der Waals surface area (Å²) in [5, 5.41) is 3.55. The van der Waals surface area contributed by atoms with Crippen LogP contribution in [0.25, 0.3) is 0 Å². The van der Waals surface area contributed by atoms with Gasteiger partial charge in [-0.2, -0.15) is 0 Å². The van der Waals surface area contributed by atoms with E-state index in [0.717, 1.165) is 26.2 Å². The number of hydrogen-bond donors (Lipinski definition) is 1. The van der Waals surface area contributed by atoms with Crippen LogP contribution < -0.4 is 5.32 Å². The second-order valence-electron chi connectivity index (χ2n) is 6.37. The van der Waals surface area contributed by atoms with Crippen molar-refractivity contribution in [2.75, 3.05) is 26.2 Å². The molecule has 0 aromatic heterocycles. The number of nitrogens with zero attached hydrogens (tertiary/aromatic N) is 1. The van der Waals surface area contributed by atoms with Gasteiger partial charge in [0.15, 0.2) is 0 Å². The van der Waals surface area contributed by atoms with Gasteiger partial charge in [0.25, 0.3) is 0 Å². The largest absolute Gasteiger partial charge is 0.374 e. The first kappa shape index (κ1) is 14.1. The first-order valence-corrected chi connectivity index (χ1v) is 7.84. The van der Waals surface area contributed by atoms with E-state index in [1.54, 1.807) is 0 Å². The van der Waals surface area contributed by atoms with Crippen LogP contribution in [0.4, 0.5) is 0 Å². The zero-order valence-corrected chi connectivity index (χ0v) is 12.7. The molecule has 2 saturated heterocycles. The summed E-state index contributed by atoms with van der Waals surface area (Å²) in [5.74, 6) is 0. The van der Waals surface area contributed by atoms with Crippen LogP contribution in [-0.2, 0) is 11.3 Å². The summed E-state index contributed by atoms with van der Waals surface area (Å²) in [7, 11) is 0. The van der Waals surface area contributed by atoms with Gasteiger partial charge in [0.1, 0.15) is 0 Å². The van der Waals surface area contributed by atoms with Crippen LogP contribution in [0.1, 0.15) is 29.5 Å². The SMILES string of the molecule is Cc1cc(C)cc(CNCC2CN3CCCC3CO2)c1. The van der Waals surface area contributed by atoms with Crippen molar-refractivity contribution in [2.45, 2.75) is 45.4 Å². The van der Waals surface area contributed by atoms with E-state index in [0.29, 0.717) is 12.1 Å². The standard InChI is InChI=1S/C17H26N2O/c1-13-6-14(2)8-15(7-13)9-18-10-17-11-19-5-3-4-16(19)12-20-17/h6-8,16-18H,3-5,9-12H2,1-2H3. The lowest BCUT2D eigenvalue weighted by molar-refractivity contribution is -0.0470. The Morgan fingerprint density at radius 2 is 2.05 bits per heavy atom. The van der Waals surface area contributed by atoms with E-state index in [9.17, 15) is 0 Å². The molecule has 1 N–H and O–H groups in total. The molecular weight excluding hydrogens is 248 g/mol. The van der Waals surface area contributed by atoms with Crippen molar-refractivity contribution in [3.8, 4) is 0 Å². The summed E-state index contributed by atoms with van der Waals surface area (Å²) in [6.07, 6.45) is 3.02. The van der Waals surface area contributed by atoms with Crippen LogP contribution in [-0.4, -0.2) is 43.3 Å². The lowest BCUT2D eigenvalue weighted by Gasteiger charge is -2.35. The number of aryl methyl sites for hydroxylation is 2. The molecule has 2 fully saturated rings. The van der Waals surface area contributed by atoms with Gasteiger partial charge in [-0.05, 0) is 38.8 Å². The second kappa shape index (κ2) is 6.25. The number of morpholine rings is 1. The van der Waals surface area contributed by atoms with Gasteiger partial charge in [-0.25, -0.2) is 0 Å². The number of ether oxygens (including phenoxy) is 1. The van der Waals surface area contributed by atoms with Gasteiger partial charge in [0, 0.05) is 25.7 Å². The van der Waals surface area contributed by atoms with Crippen molar-refractivity contribution in [1.29, 1.82) is 0 Å². The van der Waals surface area contributed by atoms with Gasteiger partial charge < -0.3 is 10.1 Å². The molecule has 3 rings (SSSR count). The molecule has 2 aliphatic rings. The third kappa shape index (κ3) is 3.40. The summed E-state index contributed by atoms with van der Waals surface area (Å²) < 4.78 is 5.97. The van der Waals surface area contributed by atoms with Crippen molar-refractivity contribution >= 4 is 0 Å². The van der Waals surface area contributed by atoms with Crippen molar-refractivity contribution in [3.63, 3.8) is 0 Å². The molecule has 0 amide bonds. The topological polar surface area (TPSA) is 24.5 Å². The van der Waals surface area contributed by atoms with Crippen LogP contribution in [0.2, 0.25) is 0 Å². The maximum atomic E-state index is 5.97. The van der Waals surface area contributed by atoms with E-state index >= 15 is 0 Å². The maximum absolute atomic E-state index is 5.97. The predicted octanol–water partition coefficient (Wildman–Crippen LogP) is 2.26. The van der Waals surface area contributed by atoms with Crippen molar-refractivity contribution < 1.29 is 4.74 Å². The molecule has 2 unspecified atom stereocenters. The zero-order chi connectivity index (χ0) is 13.9. The highest BCUT2D eigenvalue weighted by Crippen LogP contribution is 2.22. The summed E-state index contributed by atoms with van der Waals surface area (Å²) >= 11 is 0. The quantitative estimate of drug-likeness (QED) is 0.911. The third-order valence-electron chi connectivity index (χ3n) is 4.44. The Hall–Kier alpha value is -0.900. The van der Waals surface area contributed by atoms with Gasteiger partial charge in [0.05, 0.1) is 12.7 Å². The van der Waals surface area contributed by atoms with Gasteiger partial charge >= 0.3 is 0 Å². The fraction of sp³-hybridized carbons (Fsp3) is 0.647. The first-order chi connectivity index (χ1) is 9.70. The Bertz CT molecular complexity index is 440. The molecule has 20 heavy (non-hydrogen) atoms. The van der Waals surface area contributed by atoms with Gasteiger partial charge in [0.2, 0.25) is 0 Å². The van der Waals surface area contributed by atoms with Crippen molar-refractivity contribution in [3.05, 3.63) is 34.9 Å². The van der Waals surface area contributed by atoms with Crippen LogP contribution in [0.3, 0.4) is 0 Å². The number of nitrogens with one attached hydrogen (secondary N) is 1. The maximum Gasteiger partial charge on any atom is 0.0827 e. The minimum atomic E-state index is 0.357. The highest BCUT2D eigenvalue weighted by molar-refractivity contribution is 5.28. The third-order valence-corrected chi connectivity index (χ3v) is 4.44. The molecular formula is C17H26N2O. The Morgan fingerprint density at radius 1 is 1.25 bits per heavy atom. The molecule has 0 bridgehead atoms. The Kier molecular flexibility index (Phi) is 4.39. The monoisotopic (exact) mass is 274 g/mol. The molecule has 3 heteroatoms.